The molecule has 0 radical (unpaired) electrons. The maximum Gasteiger partial charge on any atom is 0.178 e. The number of hydrogen-bond acceptors (Lipinski definition) is 2. The van der Waals surface area contributed by atoms with E-state index in [4.69, 9.17) is 0 Å². The Labute approximate surface area is 125 Å². The van der Waals surface area contributed by atoms with Gasteiger partial charge in [0.15, 0.2) is 11.6 Å². The molecule has 0 unspecified atom stereocenters. The zero-order valence-corrected chi connectivity index (χ0v) is 12.8. The van der Waals surface area contributed by atoms with Crippen molar-refractivity contribution in [3.63, 3.8) is 0 Å². The molecule has 100 valence electrons. The summed E-state index contributed by atoms with van der Waals surface area (Å²) in [6.45, 7) is 3.94. The van der Waals surface area contributed by atoms with Crippen LogP contribution in [0.2, 0.25) is 0 Å². The van der Waals surface area contributed by atoms with Crippen LogP contribution < -0.4 is 0 Å². The number of carbonyl (C=O) groups excluding carboxylic acids is 2. The van der Waals surface area contributed by atoms with E-state index in [1.165, 1.54) is 0 Å². The molecule has 3 heteroatoms. The van der Waals surface area contributed by atoms with Crippen molar-refractivity contribution in [2.45, 2.75) is 19.8 Å². The lowest BCUT2D eigenvalue weighted by molar-refractivity contribution is 0.0890. The summed E-state index contributed by atoms with van der Waals surface area (Å²) >= 11 is 3.51. The summed E-state index contributed by atoms with van der Waals surface area (Å²) in [6, 6.07) is 10.9. The van der Waals surface area contributed by atoms with Gasteiger partial charge in [0.05, 0.1) is 0 Å². The molecule has 3 rings (SSSR count). The van der Waals surface area contributed by atoms with E-state index in [1.807, 2.05) is 26.0 Å². The molecule has 0 N–H and O–H groups in total. The molecule has 0 aromatic heterocycles. The average molecular weight is 329 g/mol. The van der Waals surface area contributed by atoms with E-state index < -0.39 is 5.92 Å². The van der Waals surface area contributed by atoms with Crippen LogP contribution in [-0.4, -0.2) is 11.6 Å². The van der Waals surface area contributed by atoms with Gasteiger partial charge in [0, 0.05) is 15.6 Å². The third-order valence-corrected chi connectivity index (χ3v) is 5.03. The molecule has 0 amide bonds. The first kappa shape index (κ1) is 13.3. The topological polar surface area (TPSA) is 34.1 Å². The monoisotopic (exact) mass is 328 g/mol. The number of ketones is 2. The van der Waals surface area contributed by atoms with Gasteiger partial charge < -0.3 is 0 Å². The first-order valence-electron chi connectivity index (χ1n) is 6.45. The fourth-order valence-corrected chi connectivity index (χ4v) is 3.02. The number of hydrogen-bond donors (Lipinski definition) is 0. The lowest BCUT2D eigenvalue weighted by Crippen LogP contribution is -2.13. The highest BCUT2D eigenvalue weighted by Gasteiger charge is 2.39. The number of fused-ring (bicyclic) bond motifs is 1. The van der Waals surface area contributed by atoms with Gasteiger partial charge >= 0.3 is 0 Å². The summed E-state index contributed by atoms with van der Waals surface area (Å²) in [5.41, 5.74) is 3.95. The van der Waals surface area contributed by atoms with E-state index in [0.717, 1.165) is 21.2 Å². The van der Waals surface area contributed by atoms with E-state index in [-0.39, 0.29) is 11.6 Å². The van der Waals surface area contributed by atoms with Crippen LogP contribution in [0.1, 0.15) is 43.3 Å². The van der Waals surface area contributed by atoms with E-state index in [0.29, 0.717) is 11.1 Å². The van der Waals surface area contributed by atoms with Crippen LogP contribution >= 0.6 is 15.9 Å². The van der Waals surface area contributed by atoms with Crippen LogP contribution in [-0.2, 0) is 0 Å². The molecular formula is C17H13BrO2. The van der Waals surface area contributed by atoms with Crippen molar-refractivity contribution in [1.29, 1.82) is 0 Å². The SMILES string of the molecule is Cc1cc(C2C(=O)c3ccccc3C2=O)cc(C)c1Br. The second kappa shape index (κ2) is 4.67. The fourth-order valence-electron chi connectivity index (χ4n) is 2.79. The van der Waals surface area contributed by atoms with E-state index in [9.17, 15) is 9.59 Å². The number of aryl methyl sites for hydroxylation is 2. The predicted molar refractivity (Wildman–Crippen MR) is 81.5 cm³/mol. The van der Waals surface area contributed by atoms with Gasteiger partial charge in [0.1, 0.15) is 5.92 Å². The summed E-state index contributed by atoms with van der Waals surface area (Å²) in [7, 11) is 0. The molecule has 2 aromatic carbocycles. The summed E-state index contributed by atoms with van der Waals surface area (Å²) in [4.78, 5) is 25.0. The highest BCUT2D eigenvalue weighted by atomic mass is 79.9. The van der Waals surface area contributed by atoms with Crippen LogP contribution in [0, 0.1) is 13.8 Å². The molecule has 0 atom stereocenters. The lowest BCUT2D eigenvalue weighted by Gasteiger charge is -2.11. The molecular weight excluding hydrogens is 316 g/mol. The molecule has 2 aromatic rings. The Hall–Kier alpha value is -1.74. The van der Waals surface area contributed by atoms with Crippen LogP contribution in [0.25, 0.3) is 0 Å². The minimum absolute atomic E-state index is 0.0910. The molecule has 0 saturated heterocycles. The summed E-state index contributed by atoms with van der Waals surface area (Å²) in [5.74, 6) is -0.864. The van der Waals surface area contributed by atoms with Crippen LogP contribution in [0.3, 0.4) is 0 Å². The van der Waals surface area contributed by atoms with Crippen LogP contribution in [0.15, 0.2) is 40.9 Å². The molecule has 0 bridgehead atoms. The number of halogens is 1. The van der Waals surface area contributed by atoms with Gasteiger partial charge in [-0.25, -0.2) is 0 Å². The second-order valence-corrected chi connectivity index (χ2v) is 5.97. The molecule has 0 saturated carbocycles. The van der Waals surface area contributed by atoms with Crippen LogP contribution in [0.5, 0.6) is 0 Å². The second-order valence-electron chi connectivity index (χ2n) is 5.18. The Morgan fingerprint density at radius 3 is 1.80 bits per heavy atom. The van der Waals surface area contributed by atoms with Gasteiger partial charge in [-0.3, -0.25) is 9.59 Å². The molecule has 1 aliphatic carbocycles. The Kier molecular flexibility index (Phi) is 3.09. The highest BCUT2D eigenvalue weighted by molar-refractivity contribution is 9.10. The van der Waals surface area contributed by atoms with Crippen molar-refractivity contribution in [2.75, 3.05) is 0 Å². The predicted octanol–water partition coefficient (Wildman–Crippen LogP) is 4.23. The van der Waals surface area contributed by atoms with Crippen molar-refractivity contribution in [3.05, 3.63) is 68.7 Å². The van der Waals surface area contributed by atoms with Gasteiger partial charge in [-0.1, -0.05) is 52.3 Å². The molecule has 1 aliphatic rings. The Morgan fingerprint density at radius 1 is 0.900 bits per heavy atom. The Bertz CT molecular complexity index is 688. The Balaban J connectivity index is 2.14. The summed E-state index contributed by atoms with van der Waals surface area (Å²) < 4.78 is 1.02. The van der Waals surface area contributed by atoms with Gasteiger partial charge in [0.25, 0.3) is 0 Å². The van der Waals surface area contributed by atoms with E-state index in [2.05, 4.69) is 15.9 Å². The zero-order valence-electron chi connectivity index (χ0n) is 11.2. The first-order valence-corrected chi connectivity index (χ1v) is 7.24. The van der Waals surface area contributed by atoms with Crippen molar-refractivity contribution >= 4 is 27.5 Å². The average Bonchev–Trinajstić information content (AvgIpc) is 2.68. The number of benzene rings is 2. The van der Waals surface area contributed by atoms with Gasteiger partial charge in [-0.15, -0.1) is 0 Å². The Morgan fingerprint density at radius 2 is 1.35 bits per heavy atom. The van der Waals surface area contributed by atoms with Gasteiger partial charge in [-0.05, 0) is 30.5 Å². The van der Waals surface area contributed by atoms with Crippen molar-refractivity contribution in [3.8, 4) is 0 Å². The third-order valence-electron chi connectivity index (χ3n) is 3.77. The number of carbonyl (C=O) groups is 2. The highest BCUT2D eigenvalue weighted by Crippen LogP contribution is 2.36. The third kappa shape index (κ3) is 1.85. The van der Waals surface area contributed by atoms with Crippen molar-refractivity contribution in [1.82, 2.24) is 0 Å². The van der Waals surface area contributed by atoms with E-state index in [1.54, 1.807) is 24.3 Å². The van der Waals surface area contributed by atoms with E-state index >= 15 is 0 Å². The maximum absolute atomic E-state index is 12.5. The quantitative estimate of drug-likeness (QED) is 0.734. The number of Topliss-reactive ketones (excluding diaryl/α,β-unsaturated/α-hetero) is 2. The maximum atomic E-state index is 12.5. The fraction of sp³-hybridized carbons (Fsp3) is 0.176. The summed E-state index contributed by atoms with van der Waals surface area (Å²) in [6.07, 6.45) is 0. The van der Waals surface area contributed by atoms with Crippen molar-refractivity contribution in [2.24, 2.45) is 0 Å². The molecule has 0 aliphatic heterocycles. The smallest absolute Gasteiger partial charge is 0.178 e. The van der Waals surface area contributed by atoms with Crippen molar-refractivity contribution < 1.29 is 9.59 Å². The lowest BCUT2D eigenvalue weighted by atomic mass is 9.92. The molecule has 2 nitrogen and oxygen atoms in total. The minimum atomic E-state index is -0.683. The number of rotatable bonds is 1. The zero-order chi connectivity index (χ0) is 14.4. The largest absolute Gasteiger partial charge is 0.293 e. The standard InChI is InChI=1S/C17H13BrO2/c1-9-7-11(8-10(2)15(9)18)14-16(19)12-5-3-4-6-13(12)17(14)20/h3-8,14H,1-2H3. The van der Waals surface area contributed by atoms with Gasteiger partial charge in [-0.2, -0.15) is 0 Å². The normalized spacial score (nSPS) is 14.8. The van der Waals surface area contributed by atoms with Crippen LogP contribution in [0.4, 0.5) is 0 Å². The molecule has 0 spiro atoms. The first-order chi connectivity index (χ1) is 9.50. The molecule has 0 fully saturated rings. The van der Waals surface area contributed by atoms with Gasteiger partial charge in [0.2, 0.25) is 0 Å². The summed E-state index contributed by atoms with van der Waals surface area (Å²) in [5, 5.41) is 0. The molecule has 0 heterocycles. The minimum Gasteiger partial charge on any atom is -0.293 e. The molecule has 20 heavy (non-hydrogen) atoms.